The first-order chi connectivity index (χ1) is 10.1. The SMILES string of the molecule is CC(NC(=O)COc1ccc(Br)cc1Cl)c1ccccc1. The van der Waals surface area contributed by atoms with Crippen LogP contribution in [0.2, 0.25) is 5.02 Å². The first-order valence-electron chi connectivity index (χ1n) is 6.48. The second-order valence-electron chi connectivity index (χ2n) is 4.56. The fourth-order valence-electron chi connectivity index (χ4n) is 1.84. The van der Waals surface area contributed by atoms with Gasteiger partial charge in [0.05, 0.1) is 11.1 Å². The summed E-state index contributed by atoms with van der Waals surface area (Å²) in [6.07, 6.45) is 0. The highest BCUT2D eigenvalue weighted by atomic mass is 79.9. The number of rotatable bonds is 5. The van der Waals surface area contributed by atoms with Crippen molar-refractivity contribution in [1.29, 1.82) is 0 Å². The smallest absolute Gasteiger partial charge is 0.258 e. The van der Waals surface area contributed by atoms with E-state index in [4.69, 9.17) is 16.3 Å². The van der Waals surface area contributed by atoms with Crippen molar-refractivity contribution in [3.05, 3.63) is 63.6 Å². The minimum Gasteiger partial charge on any atom is -0.482 e. The topological polar surface area (TPSA) is 38.3 Å². The first-order valence-corrected chi connectivity index (χ1v) is 7.65. The summed E-state index contributed by atoms with van der Waals surface area (Å²) in [5, 5.41) is 3.35. The lowest BCUT2D eigenvalue weighted by atomic mass is 10.1. The van der Waals surface area contributed by atoms with E-state index in [2.05, 4.69) is 21.2 Å². The van der Waals surface area contributed by atoms with Crippen molar-refractivity contribution < 1.29 is 9.53 Å². The van der Waals surface area contributed by atoms with Gasteiger partial charge in [0.25, 0.3) is 5.91 Å². The van der Waals surface area contributed by atoms with E-state index in [1.54, 1.807) is 12.1 Å². The maximum absolute atomic E-state index is 11.9. The zero-order valence-corrected chi connectivity index (χ0v) is 13.8. The van der Waals surface area contributed by atoms with Crippen molar-refractivity contribution in [2.75, 3.05) is 6.61 Å². The van der Waals surface area contributed by atoms with Crippen LogP contribution in [0.25, 0.3) is 0 Å². The number of benzene rings is 2. The highest BCUT2D eigenvalue weighted by Crippen LogP contribution is 2.27. The van der Waals surface area contributed by atoms with Crippen LogP contribution in [-0.4, -0.2) is 12.5 Å². The van der Waals surface area contributed by atoms with Gasteiger partial charge in [0.2, 0.25) is 0 Å². The third kappa shape index (κ3) is 4.76. The standard InChI is InChI=1S/C16H15BrClNO2/c1-11(12-5-3-2-4-6-12)19-16(20)10-21-15-8-7-13(17)9-14(15)18/h2-9,11H,10H2,1H3,(H,19,20). The van der Waals surface area contributed by atoms with E-state index in [9.17, 15) is 4.79 Å². The predicted molar refractivity (Wildman–Crippen MR) is 87.6 cm³/mol. The Morgan fingerprint density at radius 1 is 1.29 bits per heavy atom. The van der Waals surface area contributed by atoms with Gasteiger partial charge in [-0.1, -0.05) is 57.9 Å². The fraction of sp³-hybridized carbons (Fsp3) is 0.188. The maximum Gasteiger partial charge on any atom is 0.258 e. The van der Waals surface area contributed by atoms with E-state index in [1.165, 1.54) is 0 Å². The molecule has 0 bridgehead atoms. The van der Waals surface area contributed by atoms with E-state index in [0.717, 1.165) is 10.0 Å². The zero-order valence-electron chi connectivity index (χ0n) is 11.5. The third-order valence-electron chi connectivity index (χ3n) is 2.93. The monoisotopic (exact) mass is 367 g/mol. The molecule has 0 aliphatic carbocycles. The molecule has 0 aromatic heterocycles. The molecule has 2 rings (SSSR count). The Labute approximate surface area is 137 Å². The van der Waals surface area contributed by atoms with Crippen molar-refractivity contribution in [2.45, 2.75) is 13.0 Å². The van der Waals surface area contributed by atoms with E-state index in [-0.39, 0.29) is 18.6 Å². The lowest BCUT2D eigenvalue weighted by Gasteiger charge is -2.15. The van der Waals surface area contributed by atoms with Gasteiger partial charge in [0.15, 0.2) is 6.61 Å². The summed E-state index contributed by atoms with van der Waals surface area (Å²) in [5.41, 5.74) is 1.05. The van der Waals surface area contributed by atoms with Crippen molar-refractivity contribution in [2.24, 2.45) is 0 Å². The lowest BCUT2D eigenvalue weighted by molar-refractivity contribution is -0.123. The van der Waals surface area contributed by atoms with E-state index in [1.807, 2.05) is 43.3 Å². The molecule has 0 saturated heterocycles. The van der Waals surface area contributed by atoms with Gasteiger partial charge < -0.3 is 10.1 Å². The minimum atomic E-state index is -0.190. The van der Waals surface area contributed by atoms with Gasteiger partial charge in [-0.05, 0) is 30.7 Å². The van der Waals surface area contributed by atoms with Crippen molar-refractivity contribution in [3.63, 3.8) is 0 Å². The Bertz CT molecular complexity index is 619. The number of halogens is 2. The van der Waals surface area contributed by atoms with Crippen LogP contribution in [0.5, 0.6) is 5.75 Å². The largest absolute Gasteiger partial charge is 0.482 e. The molecule has 1 amide bonds. The molecule has 1 unspecified atom stereocenters. The van der Waals surface area contributed by atoms with Crippen molar-refractivity contribution >= 4 is 33.4 Å². The predicted octanol–water partition coefficient (Wildman–Crippen LogP) is 4.36. The number of hydrogen-bond acceptors (Lipinski definition) is 2. The van der Waals surface area contributed by atoms with Gasteiger partial charge in [0, 0.05) is 4.47 Å². The minimum absolute atomic E-state index is 0.0670. The number of amides is 1. The summed E-state index contributed by atoms with van der Waals surface area (Å²) in [5.74, 6) is 0.299. The van der Waals surface area contributed by atoms with Gasteiger partial charge in [-0.3, -0.25) is 4.79 Å². The highest BCUT2D eigenvalue weighted by Gasteiger charge is 2.10. The molecule has 21 heavy (non-hydrogen) atoms. The van der Waals surface area contributed by atoms with Crippen LogP contribution in [0, 0.1) is 0 Å². The summed E-state index contributed by atoms with van der Waals surface area (Å²) in [6.45, 7) is 1.86. The summed E-state index contributed by atoms with van der Waals surface area (Å²) in [7, 11) is 0. The van der Waals surface area contributed by atoms with Gasteiger partial charge in [-0.25, -0.2) is 0 Å². The molecule has 2 aromatic rings. The molecular formula is C16H15BrClNO2. The molecular weight excluding hydrogens is 354 g/mol. The van der Waals surface area contributed by atoms with Gasteiger partial charge in [0.1, 0.15) is 5.75 Å². The van der Waals surface area contributed by atoms with Gasteiger partial charge in [-0.2, -0.15) is 0 Å². The Morgan fingerprint density at radius 2 is 2.00 bits per heavy atom. The summed E-state index contributed by atoms with van der Waals surface area (Å²) in [4.78, 5) is 11.9. The van der Waals surface area contributed by atoms with Crippen LogP contribution in [0.15, 0.2) is 53.0 Å². The number of carbonyl (C=O) groups excluding carboxylic acids is 1. The zero-order chi connectivity index (χ0) is 15.2. The number of nitrogens with one attached hydrogen (secondary N) is 1. The molecule has 0 heterocycles. The summed E-state index contributed by atoms with van der Waals surface area (Å²) in [6, 6.07) is 15.0. The van der Waals surface area contributed by atoms with Gasteiger partial charge >= 0.3 is 0 Å². The van der Waals surface area contributed by atoms with Crippen molar-refractivity contribution in [1.82, 2.24) is 5.32 Å². The molecule has 5 heteroatoms. The molecule has 0 radical (unpaired) electrons. The lowest BCUT2D eigenvalue weighted by Crippen LogP contribution is -2.31. The molecule has 110 valence electrons. The molecule has 1 atom stereocenters. The Kier molecular flexibility index (Phi) is 5.65. The van der Waals surface area contributed by atoms with Crippen LogP contribution in [0.1, 0.15) is 18.5 Å². The second-order valence-corrected chi connectivity index (χ2v) is 5.89. The summed E-state index contributed by atoms with van der Waals surface area (Å²) >= 11 is 9.34. The molecule has 0 fully saturated rings. The Hall–Kier alpha value is -1.52. The van der Waals surface area contributed by atoms with Crippen LogP contribution in [0.4, 0.5) is 0 Å². The van der Waals surface area contributed by atoms with Crippen molar-refractivity contribution in [3.8, 4) is 5.75 Å². The normalized spacial score (nSPS) is 11.8. The molecule has 0 aliphatic heterocycles. The average Bonchev–Trinajstić information content (AvgIpc) is 2.47. The Balaban J connectivity index is 1.87. The van der Waals surface area contributed by atoms with Crippen LogP contribution >= 0.6 is 27.5 Å². The van der Waals surface area contributed by atoms with Crippen LogP contribution < -0.4 is 10.1 Å². The Morgan fingerprint density at radius 3 is 2.67 bits per heavy atom. The molecule has 1 N–H and O–H groups in total. The summed E-state index contributed by atoms with van der Waals surface area (Å²) < 4.78 is 6.29. The molecule has 3 nitrogen and oxygen atoms in total. The van der Waals surface area contributed by atoms with E-state index < -0.39 is 0 Å². The van der Waals surface area contributed by atoms with E-state index in [0.29, 0.717) is 10.8 Å². The highest BCUT2D eigenvalue weighted by molar-refractivity contribution is 9.10. The first kappa shape index (κ1) is 15.9. The van der Waals surface area contributed by atoms with Crippen LogP contribution in [-0.2, 0) is 4.79 Å². The van der Waals surface area contributed by atoms with E-state index >= 15 is 0 Å². The number of carbonyl (C=O) groups is 1. The fourth-order valence-corrected chi connectivity index (χ4v) is 2.57. The van der Waals surface area contributed by atoms with Gasteiger partial charge in [-0.15, -0.1) is 0 Å². The second kappa shape index (κ2) is 7.48. The quantitative estimate of drug-likeness (QED) is 0.851. The third-order valence-corrected chi connectivity index (χ3v) is 3.72. The number of hydrogen-bond donors (Lipinski definition) is 1. The molecule has 0 saturated carbocycles. The molecule has 0 spiro atoms. The molecule has 0 aliphatic rings. The average molecular weight is 369 g/mol. The number of ether oxygens (including phenoxy) is 1. The van der Waals surface area contributed by atoms with Crippen LogP contribution in [0.3, 0.4) is 0 Å². The molecule has 2 aromatic carbocycles. The maximum atomic E-state index is 11.9.